The first-order valence-corrected chi connectivity index (χ1v) is 10.1. The van der Waals surface area contributed by atoms with Crippen molar-refractivity contribution in [3.05, 3.63) is 105 Å². The molecule has 1 saturated heterocycles. The molecular weight excluding hydrogens is 417 g/mol. The molecule has 1 aliphatic heterocycles. The van der Waals surface area contributed by atoms with Crippen molar-refractivity contribution in [2.75, 3.05) is 4.90 Å². The van der Waals surface area contributed by atoms with Crippen LogP contribution in [0.5, 0.6) is 0 Å². The second-order valence-electron chi connectivity index (χ2n) is 7.52. The number of benzene rings is 3. The van der Waals surface area contributed by atoms with Gasteiger partial charge in [-0.1, -0.05) is 47.5 Å². The highest BCUT2D eigenvalue weighted by atomic mass is 35.5. The minimum absolute atomic E-state index is 0.0507. The molecule has 1 aliphatic rings. The first kappa shape index (κ1) is 20.8. The molecular formula is C25H19ClFNO3. The van der Waals surface area contributed by atoms with Crippen molar-refractivity contribution in [2.24, 2.45) is 0 Å². The number of aliphatic hydroxyl groups is 1. The number of carbonyl (C=O) groups excluding carboxylic acids is 2. The monoisotopic (exact) mass is 435 g/mol. The van der Waals surface area contributed by atoms with Crippen molar-refractivity contribution in [1.82, 2.24) is 0 Å². The predicted molar refractivity (Wildman–Crippen MR) is 119 cm³/mol. The molecule has 156 valence electrons. The van der Waals surface area contributed by atoms with Crippen LogP contribution in [0.15, 0.2) is 72.3 Å². The molecule has 31 heavy (non-hydrogen) atoms. The van der Waals surface area contributed by atoms with Gasteiger partial charge in [0.1, 0.15) is 11.6 Å². The first-order valence-electron chi connectivity index (χ1n) is 9.67. The molecule has 1 unspecified atom stereocenters. The Morgan fingerprint density at radius 2 is 1.71 bits per heavy atom. The van der Waals surface area contributed by atoms with E-state index in [1.165, 1.54) is 23.1 Å². The highest BCUT2D eigenvalue weighted by Crippen LogP contribution is 2.42. The van der Waals surface area contributed by atoms with E-state index in [9.17, 15) is 19.1 Å². The number of rotatable bonds is 3. The third kappa shape index (κ3) is 3.73. The van der Waals surface area contributed by atoms with Crippen LogP contribution in [0, 0.1) is 19.7 Å². The summed E-state index contributed by atoms with van der Waals surface area (Å²) in [4.78, 5) is 27.4. The molecule has 0 radical (unpaired) electrons. The molecule has 0 aromatic heterocycles. The quantitative estimate of drug-likeness (QED) is 0.325. The van der Waals surface area contributed by atoms with Gasteiger partial charge in [0.05, 0.1) is 11.6 Å². The minimum atomic E-state index is -0.932. The third-order valence-electron chi connectivity index (χ3n) is 5.36. The van der Waals surface area contributed by atoms with E-state index in [1.807, 2.05) is 26.0 Å². The maximum Gasteiger partial charge on any atom is 0.300 e. The number of aliphatic hydroxyl groups excluding tert-OH is 1. The van der Waals surface area contributed by atoms with Crippen molar-refractivity contribution >= 4 is 34.7 Å². The largest absolute Gasteiger partial charge is 0.507 e. The van der Waals surface area contributed by atoms with Gasteiger partial charge in [-0.3, -0.25) is 14.5 Å². The summed E-state index contributed by atoms with van der Waals surface area (Å²) in [5, 5.41) is 11.7. The Hall–Kier alpha value is -3.44. The summed E-state index contributed by atoms with van der Waals surface area (Å²) in [6.45, 7) is 3.69. The molecule has 0 aliphatic carbocycles. The number of carbonyl (C=O) groups is 2. The van der Waals surface area contributed by atoms with Gasteiger partial charge in [0.2, 0.25) is 0 Å². The van der Waals surface area contributed by atoms with E-state index in [4.69, 9.17) is 11.6 Å². The van der Waals surface area contributed by atoms with Crippen LogP contribution in [0.4, 0.5) is 10.1 Å². The van der Waals surface area contributed by atoms with Crippen molar-refractivity contribution < 1.29 is 19.1 Å². The lowest BCUT2D eigenvalue weighted by Crippen LogP contribution is -2.29. The lowest BCUT2D eigenvalue weighted by Gasteiger charge is -2.25. The second kappa shape index (κ2) is 8.00. The Bertz CT molecular complexity index is 1230. The van der Waals surface area contributed by atoms with Gasteiger partial charge in [-0.2, -0.15) is 0 Å². The van der Waals surface area contributed by atoms with Gasteiger partial charge >= 0.3 is 0 Å². The van der Waals surface area contributed by atoms with Crippen LogP contribution >= 0.6 is 11.6 Å². The van der Waals surface area contributed by atoms with Gasteiger partial charge < -0.3 is 5.11 Å². The van der Waals surface area contributed by atoms with Crippen LogP contribution in [-0.2, 0) is 9.59 Å². The first-order chi connectivity index (χ1) is 14.8. The van der Waals surface area contributed by atoms with Crippen LogP contribution in [0.1, 0.15) is 28.3 Å². The van der Waals surface area contributed by atoms with Gasteiger partial charge in [0.25, 0.3) is 11.7 Å². The van der Waals surface area contributed by atoms with E-state index in [1.54, 1.807) is 36.4 Å². The Balaban J connectivity index is 1.99. The van der Waals surface area contributed by atoms with Crippen molar-refractivity contribution in [3.8, 4) is 0 Å². The molecule has 4 nitrogen and oxygen atoms in total. The summed E-state index contributed by atoms with van der Waals surface area (Å²) >= 11 is 6.02. The number of Topliss-reactive ketones (excluding diaryl/α,β-unsaturated/α-hetero) is 1. The Kier molecular flexibility index (Phi) is 5.38. The summed E-state index contributed by atoms with van der Waals surface area (Å²) in [5.74, 6) is -2.47. The number of amides is 1. The molecule has 0 saturated carbocycles. The average Bonchev–Trinajstić information content (AvgIpc) is 3.01. The summed E-state index contributed by atoms with van der Waals surface area (Å²) < 4.78 is 13.9. The SMILES string of the molecule is Cc1ccc(C)c(/C(O)=C2\C(=O)C(=O)N(c3cccc(F)c3)C2c2ccc(Cl)cc2)c1. The van der Waals surface area contributed by atoms with Crippen molar-refractivity contribution in [3.63, 3.8) is 0 Å². The molecule has 3 aromatic carbocycles. The number of hydrogen-bond acceptors (Lipinski definition) is 3. The van der Waals surface area contributed by atoms with E-state index in [0.29, 0.717) is 16.1 Å². The molecule has 6 heteroatoms. The fourth-order valence-corrected chi connectivity index (χ4v) is 3.95. The fourth-order valence-electron chi connectivity index (χ4n) is 3.82. The number of aryl methyl sites for hydroxylation is 2. The van der Waals surface area contributed by atoms with Crippen LogP contribution in [0.2, 0.25) is 5.02 Å². The fraction of sp³-hybridized carbons (Fsp3) is 0.120. The van der Waals surface area contributed by atoms with Crippen molar-refractivity contribution in [2.45, 2.75) is 19.9 Å². The maximum atomic E-state index is 13.9. The van der Waals surface area contributed by atoms with Gasteiger partial charge in [-0.15, -0.1) is 0 Å². The van der Waals surface area contributed by atoms with Crippen LogP contribution in [0.3, 0.4) is 0 Å². The molecule has 1 atom stereocenters. The van der Waals surface area contributed by atoms with Gasteiger partial charge in [0.15, 0.2) is 0 Å². The molecule has 1 fully saturated rings. The number of anilines is 1. The van der Waals surface area contributed by atoms with E-state index in [2.05, 4.69) is 0 Å². The molecule has 1 amide bonds. The average molecular weight is 436 g/mol. The summed E-state index contributed by atoms with van der Waals surface area (Å²) in [6, 6.07) is 16.7. The number of halogens is 2. The second-order valence-corrected chi connectivity index (χ2v) is 7.96. The lowest BCUT2D eigenvalue weighted by molar-refractivity contribution is -0.132. The number of ketones is 1. The molecule has 4 rings (SSSR count). The van der Waals surface area contributed by atoms with Crippen LogP contribution in [0.25, 0.3) is 5.76 Å². The molecule has 1 N–H and O–H groups in total. The zero-order valence-corrected chi connectivity index (χ0v) is 17.7. The lowest BCUT2D eigenvalue weighted by atomic mass is 9.93. The molecule has 0 spiro atoms. The van der Waals surface area contributed by atoms with Crippen LogP contribution < -0.4 is 4.90 Å². The number of hydrogen-bond donors (Lipinski definition) is 1. The smallest absolute Gasteiger partial charge is 0.300 e. The van der Waals surface area contributed by atoms with Crippen LogP contribution in [-0.4, -0.2) is 16.8 Å². The zero-order chi connectivity index (χ0) is 22.3. The molecule has 0 bridgehead atoms. The van der Waals surface area contributed by atoms with E-state index < -0.39 is 23.5 Å². The van der Waals surface area contributed by atoms with Gasteiger partial charge in [-0.05, 0) is 61.4 Å². The van der Waals surface area contributed by atoms with Gasteiger partial charge in [-0.25, -0.2) is 4.39 Å². The normalized spacial score (nSPS) is 17.9. The van der Waals surface area contributed by atoms with E-state index >= 15 is 0 Å². The van der Waals surface area contributed by atoms with E-state index in [-0.39, 0.29) is 17.0 Å². The zero-order valence-electron chi connectivity index (χ0n) is 16.9. The van der Waals surface area contributed by atoms with E-state index in [0.717, 1.165) is 11.1 Å². The minimum Gasteiger partial charge on any atom is -0.507 e. The Morgan fingerprint density at radius 3 is 2.39 bits per heavy atom. The third-order valence-corrected chi connectivity index (χ3v) is 5.62. The summed E-state index contributed by atoms with van der Waals surface area (Å²) in [5.41, 5.74) is 2.87. The summed E-state index contributed by atoms with van der Waals surface area (Å²) in [6.07, 6.45) is 0. The molecule has 1 heterocycles. The van der Waals surface area contributed by atoms with Gasteiger partial charge in [0, 0.05) is 16.3 Å². The van der Waals surface area contributed by atoms with Crippen molar-refractivity contribution in [1.29, 1.82) is 0 Å². The number of nitrogens with zero attached hydrogens (tertiary/aromatic N) is 1. The molecule has 3 aromatic rings. The maximum absolute atomic E-state index is 13.9. The summed E-state index contributed by atoms with van der Waals surface area (Å²) in [7, 11) is 0. The Labute approximate surface area is 184 Å². The topological polar surface area (TPSA) is 57.6 Å². The highest BCUT2D eigenvalue weighted by molar-refractivity contribution is 6.51. The predicted octanol–water partition coefficient (Wildman–Crippen LogP) is 5.72. The standard InChI is InChI=1S/C25H19ClFNO3/c1-14-6-7-15(2)20(12-14)23(29)21-22(16-8-10-17(26)11-9-16)28(25(31)24(21)30)19-5-3-4-18(27)13-19/h3-13,22,29H,1-2H3/b23-21+. The Morgan fingerprint density at radius 1 is 1.00 bits per heavy atom. The highest BCUT2D eigenvalue weighted by Gasteiger charge is 2.47.